The van der Waals surface area contributed by atoms with Crippen molar-refractivity contribution < 1.29 is 13.5 Å². The first kappa shape index (κ1) is 17.4. The van der Waals surface area contributed by atoms with Gasteiger partial charge in [0.1, 0.15) is 6.10 Å². The molecule has 0 bridgehead atoms. The summed E-state index contributed by atoms with van der Waals surface area (Å²) in [6.07, 6.45) is -0.211. The van der Waals surface area contributed by atoms with E-state index in [0.717, 1.165) is 12.6 Å². The summed E-state index contributed by atoms with van der Waals surface area (Å²) < 4.78 is 33.2. The van der Waals surface area contributed by atoms with Crippen molar-refractivity contribution in [3.63, 3.8) is 0 Å². The Kier molecular flexibility index (Phi) is 6.89. The molecule has 1 N–H and O–H groups in total. The fraction of sp³-hybridized carbons (Fsp3) is 0.600. The molecule has 20 heavy (non-hydrogen) atoms. The fourth-order valence-electron chi connectivity index (χ4n) is 1.71. The number of ether oxygens (including phenoxy) is 1. The van der Waals surface area contributed by atoms with Gasteiger partial charge in [-0.05, 0) is 30.5 Å². The minimum atomic E-state index is -0.942. The highest BCUT2D eigenvalue weighted by molar-refractivity contribution is 9.10. The molecule has 114 valence electrons. The van der Waals surface area contributed by atoms with Gasteiger partial charge in [-0.3, -0.25) is 0 Å². The van der Waals surface area contributed by atoms with Gasteiger partial charge in [-0.15, -0.1) is 0 Å². The van der Waals surface area contributed by atoms with Crippen molar-refractivity contribution in [2.24, 2.45) is 11.8 Å². The molecule has 1 atom stereocenters. The zero-order chi connectivity index (χ0) is 15.3. The first-order chi connectivity index (χ1) is 9.31. The summed E-state index contributed by atoms with van der Waals surface area (Å²) in [5, 5.41) is 3.28. The molecule has 1 unspecified atom stereocenters. The van der Waals surface area contributed by atoms with E-state index < -0.39 is 11.6 Å². The van der Waals surface area contributed by atoms with E-state index in [-0.39, 0.29) is 17.8 Å². The van der Waals surface area contributed by atoms with Crippen molar-refractivity contribution in [1.82, 2.24) is 5.32 Å². The van der Waals surface area contributed by atoms with Gasteiger partial charge >= 0.3 is 0 Å². The number of nitrogens with one attached hydrogen (secondary N) is 1. The van der Waals surface area contributed by atoms with Crippen molar-refractivity contribution in [2.75, 3.05) is 13.1 Å². The van der Waals surface area contributed by atoms with Gasteiger partial charge in [-0.2, -0.15) is 4.39 Å². The Hall–Kier alpha value is -0.680. The lowest BCUT2D eigenvalue weighted by atomic mass is 10.1. The predicted molar refractivity (Wildman–Crippen MR) is 81.0 cm³/mol. The highest BCUT2D eigenvalue weighted by Crippen LogP contribution is 2.27. The fourth-order valence-corrected chi connectivity index (χ4v) is 2.12. The summed E-state index contributed by atoms with van der Waals surface area (Å²) in [5.41, 5.74) is 0. The molecule has 0 radical (unpaired) electrons. The first-order valence-electron chi connectivity index (χ1n) is 6.83. The lowest BCUT2D eigenvalue weighted by molar-refractivity contribution is 0.140. The molecule has 2 nitrogen and oxygen atoms in total. The second-order valence-corrected chi connectivity index (χ2v) is 6.57. The van der Waals surface area contributed by atoms with E-state index in [4.69, 9.17) is 4.74 Å². The largest absolute Gasteiger partial charge is 0.486 e. The minimum Gasteiger partial charge on any atom is -0.486 e. The van der Waals surface area contributed by atoms with Crippen molar-refractivity contribution in [1.29, 1.82) is 0 Å². The first-order valence-corrected chi connectivity index (χ1v) is 7.62. The van der Waals surface area contributed by atoms with Crippen LogP contribution >= 0.6 is 15.9 Å². The summed E-state index contributed by atoms with van der Waals surface area (Å²) in [6, 6.07) is 2.54. The Labute approximate surface area is 128 Å². The maximum Gasteiger partial charge on any atom is 0.200 e. The monoisotopic (exact) mass is 349 g/mol. The summed E-state index contributed by atoms with van der Waals surface area (Å²) in [7, 11) is 0. The van der Waals surface area contributed by atoms with Crippen LogP contribution in [0.25, 0.3) is 0 Å². The molecular formula is C15H22BrF2NO. The second-order valence-electron chi connectivity index (χ2n) is 5.65. The van der Waals surface area contributed by atoms with E-state index in [1.54, 1.807) is 0 Å². The Morgan fingerprint density at radius 3 is 2.35 bits per heavy atom. The van der Waals surface area contributed by atoms with Gasteiger partial charge in [0, 0.05) is 11.0 Å². The Bertz CT molecular complexity index is 438. The van der Waals surface area contributed by atoms with Crippen molar-refractivity contribution in [2.45, 2.75) is 33.8 Å². The van der Waals surface area contributed by atoms with Gasteiger partial charge in [-0.1, -0.05) is 43.6 Å². The van der Waals surface area contributed by atoms with Gasteiger partial charge in [-0.25, -0.2) is 4.39 Å². The van der Waals surface area contributed by atoms with Crippen LogP contribution in [0.3, 0.4) is 0 Å². The van der Waals surface area contributed by atoms with Crippen LogP contribution in [0.1, 0.15) is 27.7 Å². The molecule has 0 spiro atoms. The maximum absolute atomic E-state index is 13.7. The highest BCUT2D eigenvalue weighted by Gasteiger charge is 2.19. The molecule has 0 aliphatic heterocycles. The molecule has 0 amide bonds. The molecular weight excluding hydrogens is 328 g/mol. The summed E-state index contributed by atoms with van der Waals surface area (Å²) in [4.78, 5) is 0. The summed E-state index contributed by atoms with van der Waals surface area (Å²) in [5.74, 6) is -1.18. The molecule has 0 saturated carbocycles. The van der Waals surface area contributed by atoms with E-state index in [1.165, 1.54) is 6.07 Å². The quantitative estimate of drug-likeness (QED) is 0.737. The SMILES string of the molecule is CC(C)CNCC(Oc1cc(Br)cc(F)c1F)C(C)C. The molecule has 0 aliphatic carbocycles. The smallest absolute Gasteiger partial charge is 0.200 e. The van der Waals surface area contributed by atoms with Crippen LogP contribution in [0.2, 0.25) is 0 Å². The van der Waals surface area contributed by atoms with Crippen LogP contribution in [0, 0.1) is 23.5 Å². The number of hydrogen-bond acceptors (Lipinski definition) is 2. The standard InChI is InChI=1S/C15H22BrF2NO/c1-9(2)7-19-8-14(10(3)4)20-13-6-11(16)5-12(17)15(13)18/h5-6,9-10,14,19H,7-8H2,1-4H3. The Morgan fingerprint density at radius 2 is 1.80 bits per heavy atom. The Morgan fingerprint density at radius 1 is 1.15 bits per heavy atom. The minimum absolute atomic E-state index is 0.0538. The molecule has 1 aromatic carbocycles. The lowest BCUT2D eigenvalue weighted by Crippen LogP contribution is -2.37. The number of benzene rings is 1. The van der Waals surface area contributed by atoms with E-state index in [1.807, 2.05) is 13.8 Å². The average Bonchev–Trinajstić information content (AvgIpc) is 2.33. The van der Waals surface area contributed by atoms with E-state index in [0.29, 0.717) is 16.9 Å². The Balaban J connectivity index is 2.75. The summed E-state index contributed by atoms with van der Waals surface area (Å²) >= 11 is 3.14. The molecule has 1 rings (SSSR count). The normalized spacial score (nSPS) is 13.1. The highest BCUT2D eigenvalue weighted by atomic mass is 79.9. The van der Waals surface area contributed by atoms with Crippen LogP contribution in [0.5, 0.6) is 5.75 Å². The van der Waals surface area contributed by atoms with E-state index in [2.05, 4.69) is 35.1 Å². The predicted octanol–water partition coefficient (Wildman–Crippen LogP) is 4.38. The molecule has 0 saturated heterocycles. The van der Waals surface area contributed by atoms with Gasteiger partial charge in [0.2, 0.25) is 5.82 Å². The van der Waals surface area contributed by atoms with E-state index in [9.17, 15) is 8.78 Å². The second kappa shape index (κ2) is 7.93. The van der Waals surface area contributed by atoms with Gasteiger partial charge in [0.15, 0.2) is 11.6 Å². The molecule has 0 aliphatic rings. The molecule has 0 fully saturated rings. The third-order valence-corrected chi connectivity index (χ3v) is 3.34. The van der Waals surface area contributed by atoms with Crippen molar-refractivity contribution >= 4 is 15.9 Å². The molecule has 0 heterocycles. The lowest BCUT2D eigenvalue weighted by Gasteiger charge is -2.24. The van der Waals surface area contributed by atoms with Crippen LogP contribution in [0.4, 0.5) is 8.78 Å². The van der Waals surface area contributed by atoms with Crippen LogP contribution in [-0.4, -0.2) is 19.2 Å². The molecule has 1 aromatic rings. The van der Waals surface area contributed by atoms with Crippen molar-refractivity contribution in [3.8, 4) is 5.75 Å². The zero-order valence-electron chi connectivity index (χ0n) is 12.3. The number of hydrogen-bond donors (Lipinski definition) is 1. The van der Waals surface area contributed by atoms with Gasteiger partial charge in [0.25, 0.3) is 0 Å². The topological polar surface area (TPSA) is 21.3 Å². The van der Waals surface area contributed by atoms with Crippen LogP contribution < -0.4 is 10.1 Å². The van der Waals surface area contributed by atoms with Gasteiger partial charge in [0.05, 0.1) is 0 Å². The third-order valence-electron chi connectivity index (χ3n) is 2.88. The number of rotatable bonds is 7. The molecule has 5 heteroatoms. The maximum atomic E-state index is 13.7. The van der Waals surface area contributed by atoms with E-state index >= 15 is 0 Å². The van der Waals surface area contributed by atoms with Crippen molar-refractivity contribution in [3.05, 3.63) is 28.2 Å². The average molecular weight is 350 g/mol. The van der Waals surface area contributed by atoms with Crippen LogP contribution in [0.15, 0.2) is 16.6 Å². The number of halogens is 3. The third kappa shape index (κ3) is 5.37. The molecule has 0 aromatic heterocycles. The zero-order valence-corrected chi connectivity index (χ0v) is 13.9. The van der Waals surface area contributed by atoms with Crippen LogP contribution in [-0.2, 0) is 0 Å². The summed E-state index contributed by atoms with van der Waals surface area (Å²) in [6.45, 7) is 9.68. The van der Waals surface area contributed by atoms with Gasteiger partial charge < -0.3 is 10.1 Å².